The zero-order chi connectivity index (χ0) is 14.8. The molecule has 2 aromatic rings. The molecule has 112 valence electrons. The van der Waals surface area contributed by atoms with Crippen molar-refractivity contribution >= 4 is 0 Å². The molecule has 0 bridgehead atoms. The Hall–Kier alpha value is -1.92. The van der Waals surface area contributed by atoms with Gasteiger partial charge < -0.3 is 14.4 Å². The van der Waals surface area contributed by atoms with Crippen molar-refractivity contribution in [1.82, 2.24) is 15.0 Å². The molecular weight excluding hydrogens is 270 g/mol. The van der Waals surface area contributed by atoms with Crippen LogP contribution in [0, 0.1) is 6.92 Å². The van der Waals surface area contributed by atoms with E-state index in [4.69, 9.17) is 9.26 Å². The first kappa shape index (κ1) is 14.0. The van der Waals surface area contributed by atoms with Crippen LogP contribution in [0.15, 0.2) is 28.8 Å². The molecule has 1 saturated heterocycles. The van der Waals surface area contributed by atoms with E-state index in [2.05, 4.69) is 22.0 Å². The van der Waals surface area contributed by atoms with Crippen molar-refractivity contribution in [3.05, 3.63) is 41.5 Å². The number of hydrogen-bond donors (Lipinski definition) is 1. The average Bonchev–Trinajstić information content (AvgIpc) is 2.93. The summed E-state index contributed by atoms with van der Waals surface area (Å²) in [6.45, 7) is 6.05. The lowest BCUT2D eigenvalue weighted by molar-refractivity contribution is -0.0445. The highest BCUT2D eigenvalue weighted by Crippen LogP contribution is 2.28. The molecule has 6 heteroatoms. The van der Waals surface area contributed by atoms with Crippen molar-refractivity contribution in [2.24, 2.45) is 0 Å². The second-order valence-corrected chi connectivity index (χ2v) is 5.30. The van der Waals surface area contributed by atoms with Crippen molar-refractivity contribution in [3.63, 3.8) is 0 Å². The van der Waals surface area contributed by atoms with E-state index in [9.17, 15) is 5.11 Å². The summed E-state index contributed by atoms with van der Waals surface area (Å²) < 4.78 is 10.9. The highest BCUT2D eigenvalue weighted by Gasteiger charge is 2.28. The number of morpholine rings is 1. The zero-order valence-electron chi connectivity index (χ0n) is 12.2. The number of nitrogens with zero attached hydrogens (tertiary/aromatic N) is 3. The van der Waals surface area contributed by atoms with E-state index in [1.165, 1.54) is 0 Å². The molecule has 2 atom stereocenters. The number of hydrogen-bond acceptors (Lipinski definition) is 6. The molecule has 1 aromatic heterocycles. The summed E-state index contributed by atoms with van der Waals surface area (Å²) >= 11 is 0. The van der Waals surface area contributed by atoms with E-state index < -0.39 is 0 Å². The van der Waals surface area contributed by atoms with Gasteiger partial charge in [0.25, 0.3) is 0 Å². The standard InChI is InChI=1S/C15H19N3O3/c1-10(15-16-11(2)21-17-15)18-6-7-20-14(9-18)12-4-3-5-13(19)8-12/h3-5,8,10,14,19H,6-7,9H2,1-2H3. The molecule has 1 aliphatic rings. The van der Waals surface area contributed by atoms with Gasteiger partial charge in [-0.25, -0.2) is 0 Å². The Kier molecular flexibility index (Phi) is 3.90. The minimum atomic E-state index is -0.0544. The lowest BCUT2D eigenvalue weighted by atomic mass is 10.1. The minimum Gasteiger partial charge on any atom is -0.508 e. The molecule has 1 fully saturated rings. The molecule has 21 heavy (non-hydrogen) atoms. The van der Waals surface area contributed by atoms with Crippen LogP contribution in [-0.4, -0.2) is 39.8 Å². The Bertz CT molecular complexity index is 614. The van der Waals surface area contributed by atoms with Crippen molar-refractivity contribution < 1.29 is 14.4 Å². The van der Waals surface area contributed by atoms with Gasteiger partial charge in [-0.05, 0) is 24.6 Å². The van der Waals surface area contributed by atoms with Gasteiger partial charge in [-0.15, -0.1) is 0 Å². The van der Waals surface area contributed by atoms with Gasteiger partial charge in [0.2, 0.25) is 5.89 Å². The number of aromatic nitrogens is 2. The van der Waals surface area contributed by atoms with Gasteiger partial charge >= 0.3 is 0 Å². The smallest absolute Gasteiger partial charge is 0.223 e. The Morgan fingerprint density at radius 3 is 3.00 bits per heavy atom. The molecule has 0 saturated carbocycles. The molecule has 1 aromatic carbocycles. The summed E-state index contributed by atoms with van der Waals surface area (Å²) in [6, 6.07) is 7.29. The van der Waals surface area contributed by atoms with Crippen LogP contribution in [0.3, 0.4) is 0 Å². The minimum absolute atomic E-state index is 0.0544. The Morgan fingerprint density at radius 1 is 1.43 bits per heavy atom. The summed E-state index contributed by atoms with van der Waals surface area (Å²) in [5.41, 5.74) is 0.983. The maximum Gasteiger partial charge on any atom is 0.223 e. The van der Waals surface area contributed by atoms with Gasteiger partial charge in [0.1, 0.15) is 5.75 Å². The first-order valence-electron chi connectivity index (χ1n) is 7.08. The van der Waals surface area contributed by atoms with E-state index in [1.54, 1.807) is 19.1 Å². The zero-order valence-corrected chi connectivity index (χ0v) is 12.2. The second kappa shape index (κ2) is 5.83. The SMILES string of the molecule is Cc1nc(C(C)N2CCOC(c3cccc(O)c3)C2)no1. The van der Waals surface area contributed by atoms with Crippen LogP contribution in [0.1, 0.15) is 36.3 Å². The van der Waals surface area contributed by atoms with Crippen molar-refractivity contribution in [2.75, 3.05) is 19.7 Å². The molecule has 2 heterocycles. The predicted octanol–water partition coefficient (Wildman–Crippen LogP) is 2.22. The van der Waals surface area contributed by atoms with E-state index in [1.807, 2.05) is 12.1 Å². The third kappa shape index (κ3) is 3.06. The maximum absolute atomic E-state index is 9.60. The summed E-state index contributed by atoms with van der Waals surface area (Å²) in [6.07, 6.45) is -0.0544. The predicted molar refractivity (Wildman–Crippen MR) is 75.8 cm³/mol. The molecule has 1 N–H and O–H groups in total. The fourth-order valence-electron chi connectivity index (χ4n) is 2.60. The first-order valence-corrected chi connectivity index (χ1v) is 7.08. The van der Waals surface area contributed by atoms with E-state index in [0.29, 0.717) is 18.3 Å². The number of aryl methyl sites for hydroxylation is 1. The lowest BCUT2D eigenvalue weighted by Gasteiger charge is -2.35. The molecule has 0 radical (unpaired) electrons. The first-order chi connectivity index (χ1) is 10.1. The lowest BCUT2D eigenvalue weighted by Crippen LogP contribution is -2.40. The second-order valence-electron chi connectivity index (χ2n) is 5.30. The van der Waals surface area contributed by atoms with Crippen LogP contribution in [0.4, 0.5) is 0 Å². The maximum atomic E-state index is 9.60. The quantitative estimate of drug-likeness (QED) is 0.934. The number of phenols is 1. The van der Waals surface area contributed by atoms with Crippen LogP contribution in [0.2, 0.25) is 0 Å². The van der Waals surface area contributed by atoms with E-state index in [0.717, 1.165) is 18.7 Å². The van der Waals surface area contributed by atoms with Gasteiger partial charge in [-0.1, -0.05) is 17.3 Å². The third-order valence-electron chi connectivity index (χ3n) is 3.80. The summed E-state index contributed by atoms with van der Waals surface area (Å²) in [4.78, 5) is 6.56. The summed E-state index contributed by atoms with van der Waals surface area (Å²) in [7, 11) is 0. The van der Waals surface area contributed by atoms with Crippen molar-refractivity contribution in [1.29, 1.82) is 0 Å². The molecule has 2 unspecified atom stereocenters. The summed E-state index contributed by atoms with van der Waals surface area (Å²) in [5.74, 6) is 1.54. The van der Waals surface area contributed by atoms with Crippen LogP contribution in [0.25, 0.3) is 0 Å². The van der Waals surface area contributed by atoms with E-state index >= 15 is 0 Å². The molecule has 3 rings (SSSR count). The highest BCUT2D eigenvalue weighted by molar-refractivity contribution is 5.29. The van der Waals surface area contributed by atoms with Crippen LogP contribution in [-0.2, 0) is 4.74 Å². The molecule has 1 aliphatic heterocycles. The third-order valence-corrected chi connectivity index (χ3v) is 3.80. The number of benzene rings is 1. The van der Waals surface area contributed by atoms with E-state index in [-0.39, 0.29) is 17.9 Å². The van der Waals surface area contributed by atoms with Crippen LogP contribution in [0.5, 0.6) is 5.75 Å². The highest BCUT2D eigenvalue weighted by atomic mass is 16.5. The van der Waals surface area contributed by atoms with Gasteiger partial charge in [-0.3, -0.25) is 4.90 Å². The van der Waals surface area contributed by atoms with Gasteiger partial charge in [0, 0.05) is 20.0 Å². The van der Waals surface area contributed by atoms with Gasteiger partial charge in [0.05, 0.1) is 18.8 Å². The number of aromatic hydroxyl groups is 1. The monoisotopic (exact) mass is 289 g/mol. The Morgan fingerprint density at radius 2 is 2.29 bits per heavy atom. The number of ether oxygens (including phenoxy) is 1. The van der Waals surface area contributed by atoms with Crippen molar-refractivity contribution in [2.45, 2.75) is 26.0 Å². The Balaban J connectivity index is 1.73. The van der Waals surface area contributed by atoms with Gasteiger partial charge in [-0.2, -0.15) is 4.98 Å². The number of phenolic OH excluding ortho intramolecular Hbond substituents is 1. The van der Waals surface area contributed by atoms with Gasteiger partial charge in [0.15, 0.2) is 5.82 Å². The Labute approximate surface area is 123 Å². The average molecular weight is 289 g/mol. The molecule has 0 aliphatic carbocycles. The van der Waals surface area contributed by atoms with Crippen LogP contribution >= 0.6 is 0 Å². The molecule has 0 amide bonds. The molecular formula is C15H19N3O3. The molecule has 6 nitrogen and oxygen atoms in total. The largest absolute Gasteiger partial charge is 0.508 e. The fourth-order valence-corrected chi connectivity index (χ4v) is 2.60. The summed E-state index contributed by atoms with van der Waals surface area (Å²) in [5, 5.41) is 13.6. The van der Waals surface area contributed by atoms with Crippen LogP contribution < -0.4 is 0 Å². The normalized spacial score (nSPS) is 21.3. The molecule has 0 spiro atoms. The van der Waals surface area contributed by atoms with Crippen molar-refractivity contribution in [3.8, 4) is 5.75 Å². The fraction of sp³-hybridized carbons (Fsp3) is 0.467. The number of rotatable bonds is 3. The topological polar surface area (TPSA) is 71.6 Å².